The summed E-state index contributed by atoms with van der Waals surface area (Å²) < 4.78 is 39.5. The van der Waals surface area contributed by atoms with Crippen LogP contribution in [0.2, 0.25) is 0 Å². The van der Waals surface area contributed by atoms with Gasteiger partial charge in [-0.05, 0) is 83.3 Å². The molecule has 63 heavy (non-hydrogen) atoms. The predicted molar refractivity (Wildman–Crippen MR) is 238 cm³/mol. The van der Waals surface area contributed by atoms with Gasteiger partial charge in [0.05, 0.1) is 30.6 Å². The summed E-state index contributed by atoms with van der Waals surface area (Å²) in [6.07, 6.45) is 9.65. The van der Waals surface area contributed by atoms with Crippen LogP contribution in [-0.4, -0.2) is 125 Å². The van der Waals surface area contributed by atoms with Gasteiger partial charge in [-0.2, -0.15) is 4.31 Å². The quantitative estimate of drug-likeness (QED) is 0.154. The molecule has 8 rings (SSSR count). The third-order valence-electron chi connectivity index (χ3n) is 12.7. The van der Waals surface area contributed by atoms with Crippen molar-refractivity contribution in [2.45, 2.75) is 120 Å². The summed E-state index contributed by atoms with van der Waals surface area (Å²) in [7, 11) is -1.85. The number of thiazole rings is 1. The molecule has 3 aliphatic heterocycles. The number of carbonyl (C=O) groups is 4. The van der Waals surface area contributed by atoms with Gasteiger partial charge in [-0.1, -0.05) is 25.0 Å². The van der Waals surface area contributed by atoms with Crippen LogP contribution in [0.25, 0.3) is 22.3 Å². The van der Waals surface area contributed by atoms with Gasteiger partial charge < -0.3 is 40.7 Å². The molecule has 6 atom stereocenters. The van der Waals surface area contributed by atoms with Gasteiger partial charge in [-0.25, -0.2) is 28.0 Å². The highest BCUT2D eigenvalue weighted by Crippen LogP contribution is 2.46. The molecule has 5 N–H and O–H groups in total. The Labute approximate surface area is 371 Å². The van der Waals surface area contributed by atoms with Crippen LogP contribution in [0.1, 0.15) is 84.5 Å². The minimum absolute atomic E-state index is 0.0217. The summed E-state index contributed by atoms with van der Waals surface area (Å²) in [6.45, 7) is 4.61. The Morgan fingerprint density at radius 3 is 2.63 bits per heavy atom. The number of methoxy groups -OCH3 is 1. The number of benzene rings is 1. The molecule has 0 radical (unpaired) electrons. The van der Waals surface area contributed by atoms with Gasteiger partial charge in [-0.15, -0.1) is 11.3 Å². The topological polar surface area (TPSA) is 221 Å². The molecular weight excluding hydrogens is 849 g/mol. The number of ether oxygens (including phenoxy) is 2. The second-order valence-corrected chi connectivity index (χ2v) is 20.8. The Bertz CT molecular complexity index is 2350. The fourth-order valence-corrected chi connectivity index (χ4v) is 11.5. The lowest BCUT2D eigenvalue weighted by Gasteiger charge is -2.32. The minimum Gasteiger partial charge on any atom is -0.497 e. The lowest BCUT2D eigenvalue weighted by molar-refractivity contribution is -0.145. The van der Waals surface area contributed by atoms with Crippen LogP contribution in [0.15, 0.2) is 41.8 Å². The van der Waals surface area contributed by atoms with E-state index in [2.05, 4.69) is 21.3 Å². The van der Waals surface area contributed by atoms with E-state index in [4.69, 9.17) is 19.4 Å². The number of hydrogen-bond acceptors (Lipinski definition) is 12. The summed E-state index contributed by atoms with van der Waals surface area (Å²) in [5.41, 5.74) is 0.273. The lowest BCUT2D eigenvalue weighted by Crippen LogP contribution is -2.58. The van der Waals surface area contributed by atoms with E-state index in [1.807, 2.05) is 37.4 Å². The van der Waals surface area contributed by atoms with E-state index in [1.165, 1.54) is 20.5 Å². The van der Waals surface area contributed by atoms with Crippen molar-refractivity contribution >= 4 is 61.2 Å². The molecule has 2 aromatic heterocycles. The van der Waals surface area contributed by atoms with E-state index in [-0.39, 0.29) is 49.6 Å². The summed E-state index contributed by atoms with van der Waals surface area (Å²) in [4.78, 5) is 66.9. The molecule has 4 fully saturated rings. The van der Waals surface area contributed by atoms with Crippen molar-refractivity contribution in [2.75, 3.05) is 37.8 Å². The molecule has 1 aromatic carbocycles. The first-order valence-corrected chi connectivity index (χ1v) is 24.7. The zero-order chi connectivity index (χ0) is 44.5. The zero-order valence-corrected chi connectivity index (χ0v) is 37.6. The molecule has 17 nitrogen and oxygen atoms in total. The number of anilines is 1. The van der Waals surface area contributed by atoms with Gasteiger partial charge in [0.1, 0.15) is 40.9 Å². The zero-order valence-electron chi connectivity index (χ0n) is 36.0. The molecule has 0 spiro atoms. The lowest BCUT2D eigenvalue weighted by atomic mass is 10.0. The van der Waals surface area contributed by atoms with Crippen LogP contribution < -0.4 is 30.7 Å². The minimum atomic E-state index is -3.42. The van der Waals surface area contributed by atoms with Crippen molar-refractivity contribution in [3.63, 3.8) is 0 Å². The number of hydrogen-bond donors (Lipinski definition) is 5. The van der Waals surface area contributed by atoms with Crippen LogP contribution in [0.5, 0.6) is 11.5 Å². The van der Waals surface area contributed by atoms with E-state index >= 15 is 0 Å². The molecule has 3 aromatic rings. The standard InChI is InChI=1S/C44H58N8O9S2/c1-26(2)45-43-49-36(25-62-43)34-21-38(31-16-15-29(60-3)19-33(31)46-34)61-30-20-37-39(53)50-44(41(55)56)22-28(44)11-7-5-4-6-8-12-32(40(54)52(37)23-30)47-42(57)48-35(27-13-14-27)24-51-17-9-10-18-63(51,58)59/h7,11,15-16,19,21,25-28,30,32,35,37H,4-6,8-10,12-14,17-18,20,22-24H2,1-3H3,(H,45,49)(H,50,53)(H,55,56)(H2,47,48,57)/t28?,30-,32+,35-,37+,44-/m1/s1. The molecular formula is C44H58N8O9S2. The maximum absolute atomic E-state index is 14.9. The van der Waals surface area contributed by atoms with E-state index in [1.54, 1.807) is 25.3 Å². The monoisotopic (exact) mass is 906 g/mol. The van der Waals surface area contributed by atoms with Gasteiger partial charge in [0.2, 0.25) is 21.8 Å². The molecule has 5 heterocycles. The number of carboxylic acid groups (broad SMARTS) is 1. The molecule has 19 heteroatoms. The van der Waals surface area contributed by atoms with Crippen molar-refractivity contribution < 1.29 is 42.2 Å². The molecule has 5 aliphatic rings. The van der Waals surface area contributed by atoms with Crippen molar-refractivity contribution in [2.24, 2.45) is 11.8 Å². The largest absolute Gasteiger partial charge is 0.497 e. The van der Waals surface area contributed by atoms with Crippen molar-refractivity contribution in [3.8, 4) is 22.9 Å². The maximum atomic E-state index is 14.9. The molecule has 340 valence electrons. The van der Waals surface area contributed by atoms with Crippen LogP contribution >= 0.6 is 11.3 Å². The Hall–Kier alpha value is -5.01. The van der Waals surface area contributed by atoms with E-state index in [9.17, 15) is 32.7 Å². The number of rotatable bonds is 12. The molecule has 2 aliphatic carbocycles. The van der Waals surface area contributed by atoms with E-state index in [0.29, 0.717) is 66.0 Å². The van der Waals surface area contributed by atoms with Gasteiger partial charge in [0.25, 0.3) is 0 Å². The van der Waals surface area contributed by atoms with Crippen LogP contribution in [-0.2, 0) is 24.4 Å². The second-order valence-electron chi connectivity index (χ2n) is 17.8. The Kier molecular flexibility index (Phi) is 13.2. The smallest absolute Gasteiger partial charge is 0.330 e. The molecule has 2 saturated carbocycles. The number of sulfonamides is 1. The molecule has 0 bridgehead atoms. The number of amides is 4. The SMILES string of the molecule is COc1ccc2c(O[C@@H]3C[C@H]4C(=O)N[C@]5(C(=O)O)CC5C=CCCCCC[C@H](NC(=O)N[C@H](CN5CCCCS5(=O)=O)C5CC5)C(=O)N4C3)cc(-c3csc(NC(C)C)n3)nc2c1. The predicted octanol–water partition coefficient (Wildman–Crippen LogP) is 4.89. The fraction of sp³-hybridized carbons (Fsp3) is 0.591. The molecule has 1 unspecified atom stereocenters. The highest BCUT2D eigenvalue weighted by Gasteiger charge is 2.61. The first kappa shape index (κ1) is 44.6. The number of fused-ring (bicyclic) bond motifs is 3. The Balaban J connectivity index is 1.08. The number of pyridine rings is 1. The number of allylic oxidation sites excluding steroid dienone is 1. The van der Waals surface area contributed by atoms with Gasteiger partial charge in [-0.3, -0.25) is 9.59 Å². The van der Waals surface area contributed by atoms with Crippen molar-refractivity contribution in [1.29, 1.82) is 0 Å². The number of nitrogens with zero attached hydrogens (tertiary/aromatic N) is 4. The average molecular weight is 907 g/mol. The number of carbonyl (C=O) groups excluding carboxylic acids is 3. The third-order valence-corrected chi connectivity index (χ3v) is 15.4. The number of nitrogens with one attached hydrogen (secondary N) is 4. The Morgan fingerprint density at radius 1 is 1.06 bits per heavy atom. The number of aliphatic carboxylic acids is 1. The highest BCUT2D eigenvalue weighted by molar-refractivity contribution is 7.89. The van der Waals surface area contributed by atoms with Gasteiger partial charge in [0.15, 0.2) is 5.13 Å². The van der Waals surface area contributed by atoms with E-state index < -0.39 is 63.6 Å². The van der Waals surface area contributed by atoms with Crippen molar-refractivity contribution in [1.82, 2.24) is 35.1 Å². The first-order valence-electron chi connectivity index (χ1n) is 22.2. The maximum Gasteiger partial charge on any atom is 0.330 e. The van der Waals surface area contributed by atoms with E-state index in [0.717, 1.165) is 37.2 Å². The van der Waals surface area contributed by atoms with Crippen LogP contribution in [0, 0.1) is 11.8 Å². The van der Waals surface area contributed by atoms with Crippen molar-refractivity contribution in [3.05, 3.63) is 41.8 Å². The number of urea groups is 1. The number of aromatic nitrogens is 2. The average Bonchev–Trinajstić information content (AvgIpc) is 4.12. The summed E-state index contributed by atoms with van der Waals surface area (Å²) in [5, 5.41) is 25.8. The van der Waals surface area contributed by atoms with Gasteiger partial charge >= 0.3 is 12.0 Å². The normalized spacial score (nSPS) is 27.0. The first-order chi connectivity index (χ1) is 30.2. The summed E-state index contributed by atoms with van der Waals surface area (Å²) in [6, 6.07) is 4.26. The Morgan fingerprint density at radius 2 is 1.89 bits per heavy atom. The van der Waals surface area contributed by atoms with Crippen LogP contribution in [0.3, 0.4) is 0 Å². The molecule has 2 saturated heterocycles. The fourth-order valence-electron chi connectivity index (χ4n) is 9.01. The summed E-state index contributed by atoms with van der Waals surface area (Å²) >= 11 is 1.45. The summed E-state index contributed by atoms with van der Waals surface area (Å²) in [5.74, 6) is -1.37. The second kappa shape index (κ2) is 18.6. The van der Waals surface area contributed by atoms with Gasteiger partial charge in [0, 0.05) is 60.4 Å². The number of carboxylic acids is 1. The third kappa shape index (κ3) is 10.2. The molecule has 4 amide bonds. The van der Waals surface area contributed by atoms with Crippen LogP contribution in [0.4, 0.5) is 9.93 Å². The highest BCUT2D eigenvalue weighted by atomic mass is 32.2.